The van der Waals surface area contributed by atoms with E-state index in [1.54, 1.807) is 0 Å². The molecule has 0 saturated heterocycles. The molecule has 1 heterocycles. The van der Waals surface area contributed by atoms with Crippen LogP contribution in [0.4, 0.5) is 0 Å². The van der Waals surface area contributed by atoms with E-state index in [-0.39, 0.29) is 12.8 Å². The molecule has 0 fully saturated rings. The van der Waals surface area contributed by atoms with Gasteiger partial charge in [0.05, 0.1) is 12.1 Å². The van der Waals surface area contributed by atoms with Crippen LogP contribution in [-0.4, -0.2) is 28.8 Å². The van der Waals surface area contributed by atoms with Gasteiger partial charge >= 0.3 is 11.9 Å². The molecule has 1 unspecified atom stereocenters. The fourth-order valence-electron chi connectivity index (χ4n) is 0.797. The summed E-state index contributed by atoms with van der Waals surface area (Å²) in [6.07, 6.45) is 0.0993. The summed E-state index contributed by atoms with van der Waals surface area (Å²) in [5.74, 6) is -1.58. The van der Waals surface area contributed by atoms with E-state index in [4.69, 9.17) is 10.8 Å². The van der Waals surface area contributed by atoms with Crippen LogP contribution >= 0.6 is 0 Å². The van der Waals surface area contributed by atoms with Crippen LogP contribution < -0.4 is 5.73 Å². The number of carboxylic acids is 1. The topological polar surface area (TPSA) is 102 Å². The van der Waals surface area contributed by atoms with E-state index < -0.39 is 18.0 Å². The van der Waals surface area contributed by atoms with Crippen molar-refractivity contribution in [2.24, 2.45) is 10.9 Å². The molecule has 66 valence electrons. The summed E-state index contributed by atoms with van der Waals surface area (Å²) in [5.41, 5.74) is 5.58. The molecule has 0 aliphatic carbocycles. The Hall–Kier alpha value is -1.43. The zero-order valence-corrected chi connectivity index (χ0v) is 6.19. The first-order valence-corrected chi connectivity index (χ1v) is 3.33. The molecule has 1 aliphatic rings. The summed E-state index contributed by atoms with van der Waals surface area (Å²) in [7, 11) is 0. The van der Waals surface area contributed by atoms with Crippen LogP contribution in [0.3, 0.4) is 0 Å². The molecule has 0 amide bonds. The van der Waals surface area contributed by atoms with Gasteiger partial charge in [0.25, 0.3) is 0 Å². The summed E-state index contributed by atoms with van der Waals surface area (Å²) in [4.78, 5) is 25.0. The average Bonchev–Trinajstić information content (AvgIpc) is 2.35. The van der Waals surface area contributed by atoms with Crippen LogP contribution in [0, 0.1) is 0 Å². The second-order valence-corrected chi connectivity index (χ2v) is 2.45. The lowest BCUT2D eigenvalue weighted by molar-refractivity contribution is -0.140. The van der Waals surface area contributed by atoms with Crippen LogP contribution in [0.2, 0.25) is 0 Å². The van der Waals surface area contributed by atoms with Gasteiger partial charge in [0, 0.05) is 6.42 Å². The molecule has 6 heteroatoms. The van der Waals surface area contributed by atoms with Gasteiger partial charge in [-0.25, -0.2) is 4.79 Å². The molecule has 0 aromatic heterocycles. The summed E-state index contributed by atoms with van der Waals surface area (Å²) in [5, 5.41) is 11.8. The molecule has 3 N–H and O–H groups in total. The Morgan fingerprint density at radius 2 is 2.50 bits per heavy atom. The smallest absolute Gasteiger partial charge is 0.340 e. The molecular formula is C6H8N2O4. The summed E-state index contributed by atoms with van der Waals surface area (Å²) in [6.45, 7) is 0. The van der Waals surface area contributed by atoms with Gasteiger partial charge in [-0.3, -0.25) is 4.79 Å². The quantitative estimate of drug-likeness (QED) is 0.536. The Bertz CT molecular complexity index is 248. The summed E-state index contributed by atoms with van der Waals surface area (Å²) < 4.78 is 0. The molecule has 0 aromatic rings. The Morgan fingerprint density at radius 3 is 2.92 bits per heavy atom. The van der Waals surface area contributed by atoms with Crippen LogP contribution in [-0.2, 0) is 14.4 Å². The number of carbonyl (C=O) groups excluding carboxylic acids is 1. The second-order valence-electron chi connectivity index (χ2n) is 2.45. The predicted octanol–water partition coefficient (Wildman–Crippen LogP) is -0.909. The number of oxime groups is 1. The van der Waals surface area contributed by atoms with Crippen LogP contribution in [0.25, 0.3) is 0 Å². The number of aliphatic carboxylic acids is 1. The molecule has 12 heavy (non-hydrogen) atoms. The van der Waals surface area contributed by atoms with E-state index in [0.29, 0.717) is 5.71 Å². The number of nitrogens with two attached hydrogens (primary N) is 1. The lowest BCUT2D eigenvalue weighted by Crippen LogP contribution is -2.32. The van der Waals surface area contributed by atoms with Crippen molar-refractivity contribution in [1.29, 1.82) is 0 Å². The van der Waals surface area contributed by atoms with Crippen LogP contribution in [0.1, 0.15) is 12.8 Å². The number of hydrogen-bond donors (Lipinski definition) is 2. The van der Waals surface area contributed by atoms with Gasteiger partial charge in [-0.1, -0.05) is 5.16 Å². The Balaban J connectivity index is 2.42. The first kappa shape index (κ1) is 8.66. The van der Waals surface area contributed by atoms with E-state index in [9.17, 15) is 9.59 Å². The zero-order valence-electron chi connectivity index (χ0n) is 6.19. The van der Waals surface area contributed by atoms with E-state index in [0.717, 1.165) is 0 Å². The third-order valence-corrected chi connectivity index (χ3v) is 1.40. The van der Waals surface area contributed by atoms with Gasteiger partial charge in [-0.05, 0) is 0 Å². The third kappa shape index (κ3) is 2.03. The van der Waals surface area contributed by atoms with E-state index in [1.807, 2.05) is 0 Å². The third-order valence-electron chi connectivity index (χ3n) is 1.40. The number of hydrogen-bond acceptors (Lipinski definition) is 5. The molecule has 6 nitrogen and oxygen atoms in total. The largest absolute Gasteiger partial charge is 0.480 e. The standard InChI is InChI=1S/C6H8N2O4/c7-4(6(10)11)1-3-2-5(9)12-8-3/h4H,1-2,7H2,(H,10,11). The van der Waals surface area contributed by atoms with E-state index in [1.165, 1.54) is 0 Å². The Kier molecular flexibility index (Phi) is 2.39. The van der Waals surface area contributed by atoms with E-state index >= 15 is 0 Å². The lowest BCUT2D eigenvalue weighted by atomic mass is 10.1. The molecule has 0 radical (unpaired) electrons. The van der Waals surface area contributed by atoms with Crippen molar-refractivity contribution in [2.45, 2.75) is 18.9 Å². The lowest BCUT2D eigenvalue weighted by Gasteiger charge is -2.02. The number of carboxylic acid groups (broad SMARTS) is 1. The summed E-state index contributed by atoms with van der Waals surface area (Å²) in [6, 6.07) is -1.02. The van der Waals surface area contributed by atoms with Gasteiger partial charge in [-0.2, -0.15) is 0 Å². The molecule has 0 spiro atoms. The maximum Gasteiger partial charge on any atom is 0.340 e. The Morgan fingerprint density at radius 1 is 1.83 bits per heavy atom. The molecule has 0 saturated carbocycles. The van der Waals surface area contributed by atoms with Crippen molar-refractivity contribution in [2.75, 3.05) is 0 Å². The van der Waals surface area contributed by atoms with Gasteiger partial charge in [0.1, 0.15) is 6.04 Å². The monoisotopic (exact) mass is 172 g/mol. The first-order chi connectivity index (χ1) is 5.59. The van der Waals surface area contributed by atoms with E-state index in [2.05, 4.69) is 9.99 Å². The normalized spacial score (nSPS) is 18.4. The molecule has 0 bridgehead atoms. The predicted molar refractivity (Wildman–Crippen MR) is 38.4 cm³/mol. The van der Waals surface area contributed by atoms with Crippen molar-refractivity contribution in [3.63, 3.8) is 0 Å². The van der Waals surface area contributed by atoms with Crippen molar-refractivity contribution >= 4 is 17.7 Å². The number of carbonyl (C=O) groups is 2. The SMILES string of the molecule is NC(CC1=NOC(=O)C1)C(=O)O. The van der Waals surface area contributed by atoms with Crippen molar-refractivity contribution in [3.05, 3.63) is 0 Å². The van der Waals surface area contributed by atoms with Crippen LogP contribution in [0.15, 0.2) is 5.16 Å². The van der Waals surface area contributed by atoms with Gasteiger partial charge in [0.2, 0.25) is 0 Å². The number of rotatable bonds is 3. The van der Waals surface area contributed by atoms with Gasteiger partial charge in [0.15, 0.2) is 0 Å². The highest BCUT2D eigenvalue weighted by atomic mass is 16.7. The van der Waals surface area contributed by atoms with Gasteiger partial charge in [-0.15, -0.1) is 0 Å². The summed E-state index contributed by atoms with van der Waals surface area (Å²) >= 11 is 0. The number of nitrogens with zero attached hydrogens (tertiary/aromatic N) is 1. The highest BCUT2D eigenvalue weighted by Gasteiger charge is 2.22. The minimum Gasteiger partial charge on any atom is -0.480 e. The van der Waals surface area contributed by atoms with Crippen molar-refractivity contribution in [1.82, 2.24) is 0 Å². The van der Waals surface area contributed by atoms with Crippen molar-refractivity contribution < 1.29 is 19.5 Å². The highest BCUT2D eigenvalue weighted by Crippen LogP contribution is 2.06. The first-order valence-electron chi connectivity index (χ1n) is 3.33. The fourth-order valence-corrected chi connectivity index (χ4v) is 0.797. The average molecular weight is 172 g/mol. The maximum absolute atomic E-state index is 10.5. The molecular weight excluding hydrogens is 164 g/mol. The fraction of sp³-hybridized carbons (Fsp3) is 0.500. The van der Waals surface area contributed by atoms with Crippen molar-refractivity contribution in [3.8, 4) is 0 Å². The van der Waals surface area contributed by atoms with Gasteiger partial charge < -0.3 is 15.7 Å². The second kappa shape index (κ2) is 3.31. The molecule has 1 aliphatic heterocycles. The van der Waals surface area contributed by atoms with Crippen LogP contribution in [0.5, 0.6) is 0 Å². The minimum atomic E-state index is -1.11. The minimum absolute atomic E-state index is 0.0426. The maximum atomic E-state index is 10.5. The zero-order chi connectivity index (χ0) is 9.14. The Labute approximate surface area is 68.0 Å². The highest BCUT2D eigenvalue weighted by molar-refractivity contribution is 6.03. The molecule has 1 rings (SSSR count). The molecule has 0 aromatic carbocycles. The molecule has 1 atom stereocenters.